The zero-order valence-corrected chi connectivity index (χ0v) is 11.6. The lowest BCUT2D eigenvalue weighted by Crippen LogP contribution is -2.23. The van der Waals surface area contributed by atoms with Crippen LogP contribution in [-0.4, -0.2) is 22.5 Å². The third kappa shape index (κ3) is 4.76. The van der Waals surface area contributed by atoms with Crippen molar-refractivity contribution in [2.45, 2.75) is 26.3 Å². The molecular formula is C15H19N3O2. The summed E-state index contributed by atoms with van der Waals surface area (Å²) < 4.78 is 5.59. The highest BCUT2D eigenvalue weighted by Crippen LogP contribution is 2.12. The molecule has 0 radical (unpaired) electrons. The van der Waals surface area contributed by atoms with Crippen molar-refractivity contribution in [3.8, 4) is 5.75 Å². The molecule has 0 atom stereocenters. The van der Waals surface area contributed by atoms with Gasteiger partial charge in [-0.25, -0.2) is 4.98 Å². The Morgan fingerprint density at radius 2 is 2.35 bits per heavy atom. The maximum atomic E-state index is 11.6. The first-order chi connectivity index (χ1) is 9.74. The Labute approximate surface area is 118 Å². The SMILES string of the molecule is Cc1cccc(OCCCC(=O)NCc2ncc[nH]2)c1. The first-order valence-corrected chi connectivity index (χ1v) is 6.68. The van der Waals surface area contributed by atoms with Crippen LogP contribution in [0, 0.1) is 6.92 Å². The molecule has 2 rings (SSSR count). The van der Waals surface area contributed by atoms with E-state index in [1.165, 1.54) is 5.56 Å². The minimum Gasteiger partial charge on any atom is -0.494 e. The van der Waals surface area contributed by atoms with Crippen molar-refractivity contribution >= 4 is 5.91 Å². The van der Waals surface area contributed by atoms with Crippen LogP contribution in [0.15, 0.2) is 36.7 Å². The van der Waals surface area contributed by atoms with E-state index in [-0.39, 0.29) is 5.91 Å². The highest BCUT2D eigenvalue weighted by Gasteiger charge is 2.02. The fraction of sp³-hybridized carbons (Fsp3) is 0.333. The molecule has 0 aliphatic rings. The molecule has 1 aromatic heterocycles. The van der Waals surface area contributed by atoms with Crippen LogP contribution in [0.1, 0.15) is 24.2 Å². The molecule has 5 nitrogen and oxygen atoms in total. The molecule has 0 saturated carbocycles. The lowest BCUT2D eigenvalue weighted by molar-refractivity contribution is -0.121. The van der Waals surface area contributed by atoms with E-state index in [0.29, 0.717) is 26.0 Å². The number of aromatic nitrogens is 2. The number of hydrogen-bond donors (Lipinski definition) is 2. The Balaban J connectivity index is 1.59. The fourth-order valence-electron chi connectivity index (χ4n) is 1.79. The number of rotatable bonds is 7. The predicted octanol–water partition coefficient (Wildman–Crippen LogP) is 2.19. The normalized spacial score (nSPS) is 10.2. The van der Waals surface area contributed by atoms with Gasteiger partial charge in [0.1, 0.15) is 11.6 Å². The van der Waals surface area contributed by atoms with Crippen LogP contribution in [-0.2, 0) is 11.3 Å². The van der Waals surface area contributed by atoms with Gasteiger partial charge in [0.05, 0.1) is 13.2 Å². The number of ether oxygens (including phenoxy) is 1. The number of H-pyrrole nitrogens is 1. The van der Waals surface area contributed by atoms with Gasteiger partial charge in [-0.05, 0) is 31.0 Å². The van der Waals surface area contributed by atoms with E-state index in [0.717, 1.165) is 11.6 Å². The lowest BCUT2D eigenvalue weighted by atomic mass is 10.2. The molecule has 1 heterocycles. The molecule has 0 fully saturated rings. The number of hydrogen-bond acceptors (Lipinski definition) is 3. The van der Waals surface area contributed by atoms with E-state index in [2.05, 4.69) is 15.3 Å². The van der Waals surface area contributed by atoms with Crippen molar-refractivity contribution in [3.63, 3.8) is 0 Å². The summed E-state index contributed by atoms with van der Waals surface area (Å²) in [6.45, 7) is 3.00. The van der Waals surface area contributed by atoms with Gasteiger partial charge in [0.25, 0.3) is 0 Å². The van der Waals surface area contributed by atoms with Crippen molar-refractivity contribution < 1.29 is 9.53 Å². The highest BCUT2D eigenvalue weighted by atomic mass is 16.5. The third-order valence-electron chi connectivity index (χ3n) is 2.81. The molecule has 1 aromatic carbocycles. The van der Waals surface area contributed by atoms with Crippen LogP contribution >= 0.6 is 0 Å². The van der Waals surface area contributed by atoms with Gasteiger partial charge in [0, 0.05) is 18.8 Å². The summed E-state index contributed by atoms with van der Waals surface area (Å²) in [4.78, 5) is 18.6. The van der Waals surface area contributed by atoms with Gasteiger partial charge in [0.2, 0.25) is 5.91 Å². The second-order valence-electron chi connectivity index (χ2n) is 4.58. The Kier molecular flexibility index (Phi) is 5.17. The van der Waals surface area contributed by atoms with Crippen molar-refractivity contribution in [1.29, 1.82) is 0 Å². The molecule has 0 aliphatic heterocycles. The number of carbonyl (C=O) groups excluding carboxylic acids is 1. The number of nitrogens with one attached hydrogen (secondary N) is 2. The van der Waals surface area contributed by atoms with Crippen LogP contribution in [0.2, 0.25) is 0 Å². The van der Waals surface area contributed by atoms with Gasteiger partial charge in [-0.1, -0.05) is 12.1 Å². The van der Waals surface area contributed by atoms with Crippen LogP contribution in [0.3, 0.4) is 0 Å². The predicted molar refractivity (Wildman–Crippen MR) is 76.3 cm³/mol. The molecule has 0 saturated heterocycles. The molecule has 0 unspecified atom stereocenters. The Morgan fingerprint density at radius 1 is 1.45 bits per heavy atom. The van der Waals surface area contributed by atoms with E-state index in [1.54, 1.807) is 12.4 Å². The minimum atomic E-state index is 0.00856. The Morgan fingerprint density at radius 3 is 3.10 bits per heavy atom. The van der Waals surface area contributed by atoms with Crippen molar-refractivity contribution in [2.24, 2.45) is 0 Å². The maximum absolute atomic E-state index is 11.6. The quantitative estimate of drug-likeness (QED) is 0.760. The summed E-state index contributed by atoms with van der Waals surface area (Å²) in [5.74, 6) is 1.62. The molecule has 1 amide bonds. The van der Waals surface area contributed by atoms with Gasteiger partial charge in [-0.2, -0.15) is 0 Å². The molecule has 0 aliphatic carbocycles. The number of amides is 1. The topological polar surface area (TPSA) is 67.0 Å². The minimum absolute atomic E-state index is 0.00856. The van der Waals surface area contributed by atoms with Crippen molar-refractivity contribution in [1.82, 2.24) is 15.3 Å². The van der Waals surface area contributed by atoms with Gasteiger partial charge in [0.15, 0.2) is 0 Å². The number of aryl methyl sites for hydroxylation is 1. The summed E-state index contributed by atoms with van der Waals surface area (Å²) >= 11 is 0. The first kappa shape index (κ1) is 14.1. The number of imidazole rings is 1. The first-order valence-electron chi connectivity index (χ1n) is 6.68. The molecule has 0 spiro atoms. The van der Waals surface area contributed by atoms with Crippen LogP contribution in [0.4, 0.5) is 0 Å². The summed E-state index contributed by atoms with van der Waals surface area (Å²) in [7, 11) is 0. The molecule has 0 bridgehead atoms. The zero-order valence-electron chi connectivity index (χ0n) is 11.6. The van der Waals surface area contributed by atoms with E-state index in [9.17, 15) is 4.79 Å². The average Bonchev–Trinajstić information content (AvgIpc) is 2.95. The summed E-state index contributed by atoms with van der Waals surface area (Å²) in [5, 5.41) is 2.80. The largest absolute Gasteiger partial charge is 0.494 e. The number of carbonyl (C=O) groups is 1. The van der Waals surface area contributed by atoms with Crippen LogP contribution in [0.5, 0.6) is 5.75 Å². The summed E-state index contributed by atoms with van der Waals surface area (Å²) in [6, 6.07) is 7.89. The molecular weight excluding hydrogens is 254 g/mol. The van der Waals surface area contributed by atoms with E-state index in [1.807, 2.05) is 31.2 Å². The van der Waals surface area contributed by atoms with Gasteiger partial charge < -0.3 is 15.0 Å². The Bertz CT molecular complexity index is 538. The standard InChI is InChI=1S/C15H19N3O2/c1-12-4-2-5-13(10-12)20-9-3-6-15(19)18-11-14-16-7-8-17-14/h2,4-5,7-8,10H,3,6,9,11H2,1H3,(H,16,17)(H,18,19). The van der Waals surface area contributed by atoms with Gasteiger partial charge in [-0.3, -0.25) is 4.79 Å². The molecule has 2 aromatic rings. The van der Waals surface area contributed by atoms with Crippen LogP contribution in [0.25, 0.3) is 0 Å². The van der Waals surface area contributed by atoms with Gasteiger partial charge in [-0.15, -0.1) is 0 Å². The van der Waals surface area contributed by atoms with Gasteiger partial charge >= 0.3 is 0 Å². The third-order valence-corrected chi connectivity index (χ3v) is 2.81. The highest BCUT2D eigenvalue weighted by molar-refractivity contribution is 5.75. The van der Waals surface area contributed by atoms with Crippen LogP contribution < -0.4 is 10.1 Å². The number of aromatic amines is 1. The summed E-state index contributed by atoms with van der Waals surface area (Å²) in [6.07, 6.45) is 4.54. The molecule has 106 valence electrons. The number of nitrogens with zero attached hydrogens (tertiary/aromatic N) is 1. The summed E-state index contributed by atoms with van der Waals surface area (Å²) in [5.41, 5.74) is 1.17. The van der Waals surface area contributed by atoms with E-state index in [4.69, 9.17) is 4.74 Å². The zero-order chi connectivity index (χ0) is 14.2. The molecule has 20 heavy (non-hydrogen) atoms. The maximum Gasteiger partial charge on any atom is 0.220 e. The van der Waals surface area contributed by atoms with Crippen molar-refractivity contribution in [3.05, 3.63) is 48.0 Å². The van der Waals surface area contributed by atoms with E-state index < -0.39 is 0 Å². The average molecular weight is 273 g/mol. The smallest absolute Gasteiger partial charge is 0.220 e. The van der Waals surface area contributed by atoms with Crippen molar-refractivity contribution in [2.75, 3.05) is 6.61 Å². The second-order valence-corrected chi connectivity index (χ2v) is 4.58. The van der Waals surface area contributed by atoms with E-state index >= 15 is 0 Å². The monoisotopic (exact) mass is 273 g/mol. The second kappa shape index (κ2) is 7.33. The fourth-order valence-corrected chi connectivity index (χ4v) is 1.79. The molecule has 5 heteroatoms. The number of benzene rings is 1. The Hall–Kier alpha value is -2.30. The lowest BCUT2D eigenvalue weighted by Gasteiger charge is -2.07. The molecule has 2 N–H and O–H groups in total.